The maximum absolute atomic E-state index is 13.8. The van der Waals surface area contributed by atoms with Crippen LogP contribution in [-0.4, -0.2) is 44.3 Å². The highest BCUT2D eigenvalue weighted by Crippen LogP contribution is 2.20. The van der Waals surface area contributed by atoms with Crippen molar-refractivity contribution < 1.29 is 23.4 Å². The Balaban J connectivity index is 1.62. The third-order valence-corrected chi connectivity index (χ3v) is 4.52. The molecule has 0 bridgehead atoms. The molecule has 1 heterocycles. The number of hydrogen-bond acceptors (Lipinski definition) is 4. The lowest BCUT2D eigenvalue weighted by Gasteiger charge is -2.18. The standard InChI is InChI=1S/C21H24FNO4/c1-23(13-15-8-9-20(25-2)19(22)11-15)21(24)16-5-3-6-17(12-16)27-14-18-7-4-10-26-18/h3,5-6,8-9,11-12,18H,4,7,10,13-14H2,1-2H3/t18-/m0/s1. The van der Waals surface area contributed by atoms with Gasteiger partial charge in [-0.15, -0.1) is 0 Å². The van der Waals surface area contributed by atoms with Gasteiger partial charge in [0, 0.05) is 25.8 Å². The summed E-state index contributed by atoms with van der Waals surface area (Å²) in [4.78, 5) is 14.2. The molecule has 0 unspecified atom stereocenters. The van der Waals surface area contributed by atoms with Gasteiger partial charge in [0.05, 0.1) is 13.2 Å². The number of amides is 1. The second-order valence-electron chi connectivity index (χ2n) is 6.60. The van der Waals surface area contributed by atoms with Gasteiger partial charge < -0.3 is 19.1 Å². The molecule has 27 heavy (non-hydrogen) atoms. The number of ether oxygens (including phenoxy) is 3. The monoisotopic (exact) mass is 373 g/mol. The van der Waals surface area contributed by atoms with Gasteiger partial charge >= 0.3 is 0 Å². The third kappa shape index (κ3) is 4.98. The quantitative estimate of drug-likeness (QED) is 0.743. The Bertz CT molecular complexity index is 790. The third-order valence-electron chi connectivity index (χ3n) is 4.52. The van der Waals surface area contributed by atoms with Crippen molar-refractivity contribution >= 4 is 5.91 Å². The average molecular weight is 373 g/mol. The molecule has 6 heteroatoms. The predicted octanol–water partition coefficient (Wildman–Crippen LogP) is 3.66. The van der Waals surface area contributed by atoms with Gasteiger partial charge in [-0.05, 0) is 48.7 Å². The summed E-state index contributed by atoms with van der Waals surface area (Å²) in [7, 11) is 3.10. The van der Waals surface area contributed by atoms with Gasteiger partial charge in [0.1, 0.15) is 12.4 Å². The van der Waals surface area contributed by atoms with Crippen LogP contribution in [0.2, 0.25) is 0 Å². The van der Waals surface area contributed by atoms with Gasteiger partial charge in [0.25, 0.3) is 5.91 Å². The van der Waals surface area contributed by atoms with Crippen LogP contribution in [0.5, 0.6) is 11.5 Å². The van der Waals surface area contributed by atoms with Crippen LogP contribution in [-0.2, 0) is 11.3 Å². The Hall–Kier alpha value is -2.60. The van der Waals surface area contributed by atoms with E-state index in [1.165, 1.54) is 13.2 Å². The summed E-state index contributed by atoms with van der Waals surface area (Å²) < 4.78 is 30.1. The molecule has 1 saturated heterocycles. The summed E-state index contributed by atoms with van der Waals surface area (Å²) in [5.41, 5.74) is 1.21. The number of carbonyl (C=O) groups is 1. The first-order valence-electron chi connectivity index (χ1n) is 8.99. The fourth-order valence-corrected chi connectivity index (χ4v) is 3.06. The van der Waals surface area contributed by atoms with Crippen LogP contribution in [0.25, 0.3) is 0 Å². The Kier molecular flexibility index (Phi) is 6.29. The number of carbonyl (C=O) groups excluding carboxylic acids is 1. The van der Waals surface area contributed by atoms with Gasteiger partial charge in [0.15, 0.2) is 11.6 Å². The summed E-state index contributed by atoms with van der Waals surface area (Å²) in [6, 6.07) is 11.8. The molecule has 1 amide bonds. The molecule has 0 aromatic heterocycles. The minimum absolute atomic E-state index is 0.122. The molecule has 2 aromatic carbocycles. The maximum atomic E-state index is 13.8. The Morgan fingerprint density at radius 1 is 1.30 bits per heavy atom. The molecule has 144 valence electrons. The van der Waals surface area contributed by atoms with E-state index < -0.39 is 5.82 Å². The Labute approximate surface area is 158 Å². The van der Waals surface area contributed by atoms with E-state index in [0.29, 0.717) is 30.0 Å². The zero-order valence-electron chi connectivity index (χ0n) is 15.6. The van der Waals surface area contributed by atoms with Gasteiger partial charge in [-0.1, -0.05) is 12.1 Å². The van der Waals surface area contributed by atoms with Gasteiger partial charge in [0.2, 0.25) is 0 Å². The first kappa shape index (κ1) is 19.2. The van der Waals surface area contributed by atoms with Crippen molar-refractivity contribution in [3.8, 4) is 11.5 Å². The number of methoxy groups -OCH3 is 1. The fraction of sp³-hybridized carbons (Fsp3) is 0.381. The molecule has 0 aliphatic carbocycles. The van der Waals surface area contributed by atoms with E-state index >= 15 is 0 Å². The topological polar surface area (TPSA) is 48.0 Å². The largest absolute Gasteiger partial charge is 0.494 e. The van der Waals surface area contributed by atoms with E-state index in [1.807, 2.05) is 6.07 Å². The fourth-order valence-electron chi connectivity index (χ4n) is 3.06. The summed E-state index contributed by atoms with van der Waals surface area (Å²) in [6.45, 7) is 1.56. The molecule has 5 nitrogen and oxygen atoms in total. The number of nitrogens with zero attached hydrogens (tertiary/aromatic N) is 1. The van der Waals surface area contributed by atoms with E-state index in [1.54, 1.807) is 42.3 Å². The van der Waals surface area contributed by atoms with Crippen LogP contribution in [0.1, 0.15) is 28.8 Å². The highest BCUT2D eigenvalue weighted by molar-refractivity contribution is 5.94. The van der Waals surface area contributed by atoms with Crippen molar-refractivity contribution in [3.05, 3.63) is 59.4 Å². The van der Waals surface area contributed by atoms with Crippen LogP contribution in [0.4, 0.5) is 4.39 Å². The summed E-state index contributed by atoms with van der Waals surface area (Å²) in [5, 5.41) is 0. The van der Waals surface area contributed by atoms with Crippen molar-refractivity contribution in [1.29, 1.82) is 0 Å². The number of benzene rings is 2. The lowest BCUT2D eigenvalue weighted by molar-refractivity contribution is 0.0678. The maximum Gasteiger partial charge on any atom is 0.254 e. The lowest BCUT2D eigenvalue weighted by Crippen LogP contribution is -2.26. The van der Waals surface area contributed by atoms with Crippen LogP contribution >= 0.6 is 0 Å². The molecular weight excluding hydrogens is 349 g/mol. The van der Waals surface area contributed by atoms with E-state index in [0.717, 1.165) is 19.4 Å². The van der Waals surface area contributed by atoms with E-state index in [9.17, 15) is 9.18 Å². The van der Waals surface area contributed by atoms with Crippen molar-refractivity contribution in [3.63, 3.8) is 0 Å². The highest BCUT2D eigenvalue weighted by atomic mass is 19.1. The van der Waals surface area contributed by atoms with Crippen molar-refractivity contribution in [2.24, 2.45) is 0 Å². The van der Waals surface area contributed by atoms with Crippen LogP contribution in [0, 0.1) is 5.82 Å². The molecule has 0 radical (unpaired) electrons. The normalized spacial score (nSPS) is 16.2. The van der Waals surface area contributed by atoms with E-state index in [2.05, 4.69) is 0 Å². The van der Waals surface area contributed by atoms with Crippen molar-refractivity contribution in [2.45, 2.75) is 25.5 Å². The van der Waals surface area contributed by atoms with Crippen molar-refractivity contribution in [2.75, 3.05) is 27.4 Å². The minimum atomic E-state index is -0.444. The first-order chi connectivity index (χ1) is 13.1. The van der Waals surface area contributed by atoms with E-state index in [-0.39, 0.29) is 17.8 Å². The van der Waals surface area contributed by atoms with Crippen molar-refractivity contribution in [1.82, 2.24) is 4.90 Å². The summed E-state index contributed by atoms with van der Waals surface area (Å²) in [6.07, 6.45) is 2.18. The highest BCUT2D eigenvalue weighted by Gasteiger charge is 2.17. The second-order valence-corrected chi connectivity index (χ2v) is 6.60. The molecule has 0 saturated carbocycles. The van der Waals surface area contributed by atoms with Crippen LogP contribution in [0.15, 0.2) is 42.5 Å². The SMILES string of the molecule is COc1ccc(CN(C)C(=O)c2cccc(OC[C@@H]3CCCO3)c2)cc1F. The zero-order chi connectivity index (χ0) is 19.2. The average Bonchev–Trinajstić information content (AvgIpc) is 3.20. The first-order valence-corrected chi connectivity index (χ1v) is 8.99. The molecule has 1 fully saturated rings. The number of halogens is 1. The zero-order valence-corrected chi connectivity index (χ0v) is 15.6. The molecule has 3 rings (SSSR count). The smallest absolute Gasteiger partial charge is 0.254 e. The molecule has 2 aromatic rings. The van der Waals surface area contributed by atoms with Crippen LogP contribution < -0.4 is 9.47 Å². The lowest BCUT2D eigenvalue weighted by atomic mass is 10.1. The molecular formula is C21H24FNO4. The molecule has 1 aliphatic rings. The molecule has 0 N–H and O–H groups in total. The molecule has 0 spiro atoms. The second kappa shape index (κ2) is 8.86. The molecule has 1 atom stereocenters. The summed E-state index contributed by atoms with van der Waals surface area (Å²) >= 11 is 0. The Morgan fingerprint density at radius 2 is 2.15 bits per heavy atom. The molecule has 1 aliphatic heterocycles. The number of rotatable bonds is 7. The summed E-state index contributed by atoms with van der Waals surface area (Å²) in [5.74, 6) is 0.221. The minimum Gasteiger partial charge on any atom is -0.494 e. The van der Waals surface area contributed by atoms with E-state index in [4.69, 9.17) is 14.2 Å². The van der Waals surface area contributed by atoms with Gasteiger partial charge in [-0.2, -0.15) is 0 Å². The van der Waals surface area contributed by atoms with Gasteiger partial charge in [-0.3, -0.25) is 4.79 Å². The van der Waals surface area contributed by atoms with Crippen LogP contribution in [0.3, 0.4) is 0 Å². The Morgan fingerprint density at radius 3 is 2.85 bits per heavy atom. The number of hydrogen-bond donors (Lipinski definition) is 0. The predicted molar refractivity (Wildman–Crippen MR) is 99.7 cm³/mol. The van der Waals surface area contributed by atoms with Gasteiger partial charge in [-0.25, -0.2) is 4.39 Å².